The summed E-state index contributed by atoms with van der Waals surface area (Å²) in [6.07, 6.45) is 1.79. The molecule has 0 spiro atoms. The molecule has 2 aromatic rings. The molecule has 4 aliphatic rings. The summed E-state index contributed by atoms with van der Waals surface area (Å²) >= 11 is 5.96. The van der Waals surface area contributed by atoms with Crippen molar-refractivity contribution in [3.8, 4) is 16.9 Å². The molecule has 3 saturated heterocycles. The van der Waals surface area contributed by atoms with Crippen molar-refractivity contribution >= 4 is 17.7 Å². The highest BCUT2D eigenvalue weighted by molar-refractivity contribution is 6.31. The topological polar surface area (TPSA) is 50.8 Å². The molecule has 6 rings (SSSR count). The number of alkyl carbamates (subject to hydrolysis) is 1. The molecule has 1 amide bonds. The standard InChI is InChI=1S/C25H28ClFN2O3/c1-25(2)14-31-21-12-17(16-4-6-20(27)19(26)11-16)3-5-18(21)23(25)28-24(30)32-22-13-29-9-7-15(22)8-10-29/h3-6,11-12,15,22-23H,7-10,13-14H2,1-2H3,(H,28,30)/t22-,23?/m0/s1. The van der Waals surface area contributed by atoms with Crippen LogP contribution in [-0.2, 0) is 4.74 Å². The number of nitrogens with zero attached hydrogens (tertiary/aromatic N) is 1. The smallest absolute Gasteiger partial charge is 0.407 e. The zero-order valence-corrected chi connectivity index (χ0v) is 19.1. The van der Waals surface area contributed by atoms with Crippen molar-refractivity contribution in [2.75, 3.05) is 26.2 Å². The van der Waals surface area contributed by atoms with E-state index in [1.54, 1.807) is 12.1 Å². The van der Waals surface area contributed by atoms with Crippen molar-refractivity contribution in [1.29, 1.82) is 0 Å². The van der Waals surface area contributed by atoms with Crippen molar-refractivity contribution in [3.05, 3.63) is 52.8 Å². The maximum atomic E-state index is 13.6. The van der Waals surface area contributed by atoms with E-state index >= 15 is 0 Å². The molecule has 2 atom stereocenters. The van der Waals surface area contributed by atoms with E-state index in [0.29, 0.717) is 18.3 Å². The molecule has 3 fully saturated rings. The molecule has 2 aromatic carbocycles. The highest BCUT2D eigenvalue weighted by Crippen LogP contribution is 2.44. The first-order valence-corrected chi connectivity index (χ1v) is 11.6. The molecule has 0 aliphatic carbocycles. The fourth-order valence-electron chi connectivity index (χ4n) is 5.13. The van der Waals surface area contributed by atoms with Gasteiger partial charge in [-0.3, -0.25) is 4.90 Å². The van der Waals surface area contributed by atoms with Gasteiger partial charge < -0.3 is 14.8 Å². The Morgan fingerprint density at radius 2 is 1.91 bits per heavy atom. The number of hydrogen-bond acceptors (Lipinski definition) is 4. The fourth-order valence-corrected chi connectivity index (χ4v) is 5.31. The highest BCUT2D eigenvalue weighted by Gasteiger charge is 2.41. The van der Waals surface area contributed by atoms with E-state index in [2.05, 4.69) is 24.1 Å². The average molecular weight is 459 g/mol. The molecule has 1 N–H and O–H groups in total. The van der Waals surface area contributed by atoms with Gasteiger partial charge in [0, 0.05) is 17.5 Å². The number of fused-ring (bicyclic) bond motifs is 4. The zero-order chi connectivity index (χ0) is 22.5. The third kappa shape index (κ3) is 4.06. The van der Waals surface area contributed by atoms with Gasteiger partial charge in [0.2, 0.25) is 0 Å². The molecule has 7 heteroatoms. The summed E-state index contributed by atoms with van der Waals surface area (Å²) in [5.74, 6) is 0.721. The number of halogens is 2. The lowest BCUT2D eigenvalue weighted by Crippen LogP contribution is -2.53. The first-order chi connectivity index (χ1) is 15.3. The van der Waals surface area contributed by atoms with Crippen molar-refractivity contribution in [1.82, 2.24) is 10.2 Å². The van der Waals surface area contributed by atoms with Crippen LogP contribution in [0.1, 0.15) is 38.3 Å². The number of piperidine rings is 3. The second-order valence-electron chi connectivity index (χ2n) is 9.82. The normalized spacial score (nSPS) is 27.9. The summed E-state index contributed by atoms with van der Waals surface area (Å²) in [6, 6.07) is 10.2. The number of benzene rings is 2. The van der Waals surface area contributed by atoms with Crippen LogP contribution >= 0.6 is 11.6 Å². The number of carbonyl (C=O) groups excluding carboxylic acids is 1. The van der Waals surface area contributed by atoms with Crippen molar-refractivity contribution in [3.63, 3.8) is 0 Å². The van der Waals surface area contributed by atoms with E-state index in [-0.39, 0.29) is 28.7 Å². The third-order valence-electron chi connectivity index (χ3n) is 7.08. The van der Waals surface area contributed by atoms with Crippen LogP contribution in [0.5, 0.6) is 5.75 Å². The van der Waals surface area contributed by atoms with Crippen LogP contribution in [0.4, 0.5) is 9.18 Å². The lowest BCUT2D eigenvalue weighted by Gasteiger charge is -2.44. The molecule has 4 aliphatic heterocycles. The third-order valence-corrected chi connectivity index (χ3v) is 7.37. The minimum Gasteiger partial charge on any atom is -0.493 e. The van der Waals surface area contributed by atoms with Gasteiger partial charge in [-0.1, -0.05) is 43.6 Å². The Hall–Kier alpha value is -2.31. The Morgan fingerprint density at radius 1 is 1.19 bits per heavy atom. The van der Waals surface area contributed by atoms with Gasteiger partial charge >= 0.3 is 6.09 Å². The SMILES string of the molecule is CC1(C)COc2cc(-c3ccc(F)c(Cl)c3)ccc2C1NC(=O)O[C@H]1CN2CCC1CC2. The Balaban J connectivity index is 1.36. The molecule has 32 heavy (non-hydrogen) atoms. The molecule has 170 valence electrons. The molecule has 5 nitrogen and oxygen atoms in total. The predicted octanol–water partition coefficient (Wildman–Crippen LogP) is 5.43. The summed E-state index contributed by atoms with van der Waals surface area (Å²) in [4.78, 5) is 15.2. The predicted molar refractivity (Wildman–Crippen MR) is 121 cm³/mol. The molecular formula is C25H28ClFN2O3. The van der Waals surface area contributed by atoms with E-state index in [1.165, 1.54) is 6.07 Å². The van der Waals surface area contributed by atoms with E-state index in [0.717, 1.165) is 49.2 Å². The summed E-state index contributed by atoms with van der Waals surface area (Å²) in [5.41, 5.74) is 2.28. The second-order valence-corrected chi connectivity index (χ2v) is 10.2. The summed E-state index contributed by atoms with van der Waals surface area (Å²) in [6.45, 7) is 7.64. The van der Waals surface area contributed by atoms with Gasteiger partial charge in [-0.05, 0) is 61.2 Å². The lowest BCUT2D eigenvalue weighted by molar-refractivity contribution is -0.0361. The second kappa shape index (κ2) is 8.23. The van der Waals surface area contributed by atoms with Crippen LogP contribution in [0, 0.1) is 17.2 Å². The highest BCUT2D eigenvalue weighted by atomic mass is 35.5. The Kier molecular flexibility index (Phi) is 5.54. The molecule has 1 unspecified atom stereocenters. The number of carbonyl (C=O) groups is 1. The summed E-state index contributed by atoms with van der Waals surface area (Å²) < 4.78 is 25.5. The number of hydrogen-bond donors (Lipinski definition) is 1. The van der Waals surface area contributed by atoms with Crippen LogP contribution in [-0.4, -0.2) is 43.3 Å². The van der Waals surface area contributed by atoms with E-state index in [9.17, 15) is 9.18 Å². The maximum Gasteiger partial charge on any atom is 0.407 e. The van der Waals surface area contributed by atoms with Crippen molar-refractivity contribution in [2.24, 2.45) is 11.3 Å². The number of rotatable bonds is 3. The Bertz CT molecular complexity index is 1040. The van der Waals surface area contributed by atoms with Gasteiger partial charge in [0.05, 0.1) is 17.7 Å². The summed E-state index contributed by atoms with van der Waals surface area (Å²) in [5, 5.41) is 3.20. The van der Waals surface area contributed by atoms with Crippen LogP contribution in [0.15, 0.2) is 36.4 Å². The van der Waals surface area contributed by atoms with Crippen LogP contribution < -0.4 is 10.1 Å². The van der Waals surface area contributed by atoms with Gasteiger partial charge in [-0.25, -0.2) is 9.18 Å². The van der Waals surface area contributed by atoms with Gasteiger partial charge in [0.15, 0.2) is 0 Å². The van der Waals surface area contributed by atoms with Gasteiger partial charge in [0.25, 0.3) is 0 Å². The van der Waals surface area contributed by atoms with Crippen molar-refractivity contribution < 1.29 is 18.7 Å². The fraction of sp³-hybridized carbons (Fsp3) is 0.480. The average Bonchev–Trinajstić information content (AvgIpc) is 2.78. The number of nitrogens with one attached hydrogen (secondary N) is 1. The summed E-state index contributed by atoms with van der Waals surface area (Å²) in [7, 11) is 0. The maximum absolute atomic E-state index is 13.6. The largest absolute Gasteiger partial charge is 0.493 e. The monoisotopic (exact) mass is 458 g/mol. The molecule has 2 bridgehead atoms. The first kappa shape index (κ1) is 21.5. The minimum atomic E-state index is -0.447. The molecular weight excluding hydrogens is 431 g/mol. The van der Waals surface area contributed by atoms with Gasteiger partial charge in [-0.15, -0.1) is 0 Å². The van der Waals surface area contributed by atoms with Crippen molar-refractivity contribution in [2.45, 2.75) is 38.8 Å². The van der Waals surface area contributed by atoms with Crippen LogP contribution in [0.25, 0.3) is 11.1 Å². The molecule has 4 heterocycles. The van der Waals surface area contributed by atoms with Gasteiger partial charge in [0.1, 0.15) is 17.7 Å². The molecule has 0 radical (unpaired) electrons. The van der Waals surface area contributed by atoms with E-state index in [4.69, 9.17) is 21.1 Å². The Morgan fingerprint density at radius 3 is 2.59 bits per heavy atom. The van der Waals surface area contributed by atoms with E-state index < -0.39 is 5.82 Å². The lowest BCUT2D eigenvalue weighted by atomic mass is 9.78. The number of amides is 1. The number of ether oxygens (including phenoxy) is 2. The van der Waals surface area contributed by atoms with Gasteiger partial charge in [-0.2, -0.15) is 0 Å². The zero-order valence-electron chi connectivity index (χ0n) is 18.4. The molecule has 0 aromatic heterocycles. The van der Waals surface area contributed by atoms with Crippen LogP contribution in [0.2, 0.25) is 5.02 Å². The van der Waals surface area contributed by atoms with Crippen LogP contribution in [0.3, 0.4) is 0 Å². The minimum absolute atomic E-state index is 0.0366. The van der Waals surface area contributed by atoms with E-state index in [1.807, 2.05) is 18.2 Å². The Labute approximate surface area is 192 Å². The quantitative estimate of drug-likeness (QED) is 0.666. The first-order valence-electron chi connectivity index (χ1n) is 11.2. The molecule has 0 saturated carbocycles.